The van der Waals surface area contributed by atoms with Crippen molar-refractivity contribution in [2.45, 2.75) is 17.7 Å². The van der Waals surface area contributed by atoms with Crippen molar-refractivity contribution < 1.29 is 9.30 Å². The molecule has 152 valence electrons. The summed E-state index contributed by atoms with van der Waals surface area (Å²) in [5, 5.41) is 2.51. The first-order valence-corrected chi connectivity index (χ1v) is 11.5. The number of anilines is 1. The van der Waals surface area contributed by atoms with Crippen molar-refractivity contribution in [3.05, 3.63) is 95.0 Å². The third-order valence-electron chi connectivity index (χ3n) is 6.12. The lowest BCUT2D eigenvalue weighted by Crippen LogP contribution is -2.34. The number of ether oxygens (including phenoxy) is 1. The summed E-state index contributed by atoms with van der Waals surface area (Å²) < 4.78 is 8.06. The second-order valence-corrected chi connectivity index (χ2v) is 9.00. The molecule has 0 amide bonds. The minimum atomic E-state index is 0.830. The number of methoxy groups -OCH3 is 1. The molecule has 0 saturated heterocycles. The first-order valence-electron chi connectivity index (χ1n) is 10.7. The minimum absolute atomic E-state index is 0.830. The SMILES string of the molecule is COc1cc(C=C2Sc3cccc4c3N2CCC4)c2ccccc2[n+]1-c1ccccc1. The van der Waals surface area contributed by atoms with Gasteiger partial charge in [0.15, 0.2) is 0 Å². The highest BCUT2D eigenvalue weighted by molar-refractivity contribution is 8.03. The predicted octanol–water partition coefficient (Wildman–Crippen LogP) is 5.98. The van der Waals surface area contributed by atoms with Gasteiger partial charge in [-0.25, -0.2) is 0 Å². The fourth-order valence-corrected chi connectivity index (χ4v) is 5.93. The number of aryl methyl sites for hydroxylation is 1. The van der Waals surface area contributed by atoms with Crippen LogP contribution in [-0.2, 0) is 6.42 Å². The number of hydrogen-bond acceptors (Lipinski definition) is 3. The van der Waals surface area contributed by atoms with E-state index in [1.165, 1.54) is 45.0 Å². The lowest BCUT2D eigenvalue weighted by Gasteiger charge is -2.27. The van der Waals surface area contributed by atoms with Crippen LogP contribution in [0.2, 0.25) is 0 Å². The molecule has 0 fully saturated rings. The maximum absolute atomic E-state index is 5.87. The Bertz CT molecular complexity index is 1330. The predicted molar refractivity (Wildman–Crippen MR) is 128 cm³/mol. The van der Waals surface area contributed by atoms with E-state index in [9.17, 15) is 0 Å². The van der Waals surface area contributed by atoms with Crippen LogP contribution in [0.3, 0.4) is 0 Å². The number of aromatic nitrogens is 1. The van der Waals surface area contributed by atoms with Crippen LogP contribution in [0.1, 0.15) is 17.5 Å². The van der Waals surface area contributed by atoms with Crippen LogP contribution in [0, 0.1) is 0 Å². The summed E-state index contributed by atoms with van der Waals surface area (Å²) in [6, 6.07) is 27.9. The molecule has 4 heteroatoms. The van der Waals surface area contributed by atoms with Crippen LogP contribution in [0.25, 0.3) is 22.7 Å². The summed E-state index contributed by atoms with van der Waals surface area (Å²) in [4.78, 5) is 3.87. The molecule has 2 aliphatic heterocycles. The lowest BCUT2D eigenvalue weighted by atomic mass is 10.0. The zero-order valence-corrected chi connectivity index (χ0v) is 18.2. The normalized spacial score (nSPS) is 16.0. The fraction of sp³-hybridized carbons (Fsp3) is 0.148. The van der Waals surface area contributed by atoms with E-state index >= 15 is 0 Å². The van der Waals surface area contributed by atoms with Crippen LogP contribution in [-0.4, -0.2) is 13.7 Å². The Morgan fingerprint density at radius 1 is 0.968 bits per heavy atom. The summed E-state index contributed by atoms with van der Waals surface area (Å²) in [7, 11) is 1.75. The minimum Gasteiger partial charge on any atom is -0.447 e. The first kappa shape index (κ1) is 18.5. The molecule has 1 aromatic heterocycles. The van der Waals surface area contributed by atoms with Crippen molar-refractivity contribution in [3.8, 4) is 11.6 Å². The van der Waals surface area contributed by atoms with Gasteiger partial charge in [0.25, 0.3) is 0 Å². The van der Waals surface area contributed by atoms with Crippen LogP contribution in [0.5, 0.6) is 5.88 Å². The summed E-state index contributed by atoms with van der Waals surface area (Å²) >= 11 is 1.88. The van der Waals surface area contributed by atoms with Crippen LogP contribution >= 0.6 is 11.8 Å². The van der Waals surface area contributed by atoms with Gasteiger partial charge in [0.1, 0.15) is 0 Å². The molecule has 0 bridgehead atoms. The molecule has 3 heterocycles. The van der Waals surface area contributed by atoms with Crippen molar-refractivity contribution in [2.24, 2.45) is 0 Å². The number of nitrogens with zero attached hydrogens (tertiary/aromatic N) is 2. The Morgan fingerprint density at radius 2 is 1.81 bits per heavy atom. The van der Waals surface area contributed by atoms with Gasteiger partial charge in [0.2, 0.25) is 11.2 Å². The average molecular weight is 424 g/mol. The van der Waals surface area contributed by atoms with E-state index in [2.05, 4.69) is 88.3 Å². The van der Waals surface area contributed by atoms with Crippen molar-refractivity contribution in [3.63, 3.8) is 0 Å². The number of fused-ring (bicyclic) bond motifs is 1. The number of para-hydroxylation sites is 3. The Morgan fingerprint density at radius 3 is 2.68 bits per heavy atom. The highest BCUT2D eigenvalue weighted by atomic mass is 32.2. The molecule has 0 spiro atoms. The number of benzene rings is 3. The Labute approximate surface area is 186 Å². The van der Waals surface area contributed by atoms with Crippen LogP contribution in [0.4, 0.5) is 5.69 Å². The molecule has 6 rings (SSSR count). The molecular weight excluding hydrogens is 400 g/mol. The largest absolute Gasteiger partial charge is 0.447 e. The van der Waals surface area contributed by atoms with Gasteiger partial charge in [-0.05, 0) is 36.6 Å². The molecule has 31 heavy (non-hydrogen) atoms. The number of hydrogen-bond donors (Lipinski definition) is 0. The van der Waals surface area contributed by atoms with Gasteiger partial charge in [-0.3, -0.25) is 0 Å². The topological polar surface area (TPSA) is 16.4 Å². The van der Waals surface area contributed by atoms with Crippen molar-refractivity contribution in [2.75, 3.05) is 18.6 Å². The van der Waals surface area contributed by atoms with Gasteiger partial charge in [0.05, 0.1) is 29.3 Å². The summed E-state index contributed by atoms with van der Waals surface area (Å²) in [6.07, 6.45) is 4.70. The van der Waals surface area contributed by atoms with Gasteiger partial charge in [-0.2, -0.15) is 0 Å². The van der Waals surface area contributed by atoms with Crippen molar-refractivity contribution in [1.82, 2.24) is 0 Å². The molecule has 0 saturated carbocycles. The highest BCUT2D eigenvalue weighted by Gasteiger charge is 2.30. The van der Waals surface area contributed by atoms with Crippen molar-refractivity contribution >= 4 is 34.4 Å². The molecule has 0 radical (unpaired) electrons. The number of rotatable bonds is 3. The smallest absolute Gasteiger partial charge is 0.374 e. The zero-order chi connectivity index (χ0) is 20.8. The second kappa shape index (κ2) is 7.47. The van der Waals surface area contributed by atoms with Gasteiger partial charge in [0, 0.05) is 35.2 Å². The fourth-order valence-electron chi connectivity index (χ4n) is 4.75. The summed E-state index contributed by atoms with van der Waals surface area (Å²) in [5.41, 5.74) is 6.30. The van der Waals surface area contributed by atoms with E-state index < -0.39 is 0 Å². The van der Waals surface area contributed by atoms with Crippen LogP contribution < -0.4 is 14.2 Å². The van der Waals surface area contributed by atoms with Gasteiger partial charge in [-0.1, -0.05) is 54.2 Å². The molecular formula is C27H23N2OS+. The third-order valence-corrected chi connectivity index (χ3v) is 7.22. The molecule has 0 aliphatic carbocycles. The molecule has 3 nitrogen and oxygen atoms in total. The van der Waals surface area contributed by atoms with E-state index in [4.69, 9.17) is 4.74 Å². The quantitative estimate of drug-likeness (QED) is 0.377. The van der Waals surface area contributed by atoms with E-state index in [1.54, 1.807) is 7.11 Å². The first-order chi connectivity index (χ1) is 15.3. The second-order valence-electron chi connectivity index (χ2n) is 7.93. The Balaban J connectivity index is 1.55. The van der Waals surface area contributed by atoms with Gasteiger partial charge in [-0.15, -0.1) is 4.57 Å². The standard InChI is InChI=1S/C27H23N2OS/c1-30-25-17-20(18-26-28-16-8-10-19-9-7-15-24(31-26)27(19)28)22-13-5-6-14-23(22)29(25)21-11-3-2-4-12-21/h2-7,9,11-15,17-18H,8,10,16H2,1H3/q+1. The van der Waals surface area contributed by atoms with Crippen molar-refractivity contribution in [1.29, 1.82) is 0 Å². The molecule has 0 N–H and O–H groups in total. The van der Waals surface area contributed by atoms with E-state index in [0.29, 0.717) is 0 Å². The lowest BCUT2D eigenvalue weighted by molar-refractivity contribution is -0.575. The maximum atomic E-state index is 5.87. The van der Waals surface area contributed by atoms with Gasteiger partial charge < -0.3 is 9.64 Å². The highest BCUT2D eigenvalue weighted by Crippen LogP contribution is 2.50. The summed E-state index contributed by atoms with van der Waals surface area (Å²) in [6.45, 7) is 1.08. The molecule has 0 unspecified atom stereocenters. The zero-order valence-electron chi connectivity index (χ0n) is 17.4. The van der Waals surface area contributed by atoms with Crippen LogP contribution in [0.15, 0.2) is 88.8 Å². The number of thioether (sulfide) groups is 1. The molecule has 4 aromatic rings. The van der Waals surface area contributed by atoms with E-state index in [1.807, 2.05) is 17.8 Å². The Kier molecular flexibility index (Phi) is 4.46. The van der Waals surface area contributed by atoms with Gasteiger partial charge >= 0.3 is 5.88 Å². The molecule has 2 aliphatic rings. The summed E-state index contributed by atoms with van der Waals surface area (Å²) in [5.74, 6) is 0.830. The number of pyridine rings is 1. The Hall–Kier alpha value is -3.24. The average Bonchev–Trinajstić information content (AvgIpc) is 3.18. The monoisotopic (exact) mass is 423 g/mol. The van der Waals surface area contributed by atoms with E-state index in [0.717, 1.165) is 23.6 Å². The molecule has 3 aromatic carbocycles. The van der Waals surface area contributed by atoms with E-state index in [-0.39, 0.29) is 0 Å². The molecule has 0 atom stereocenters. The third kappa shape index (κ3) is 3.02. The maximum Gasteiger partial charge on any atom is 0.374 e.